The van der Waals surface area contributed by atoms with Gasteiger partial charge in [0.25, 0.3) is 5.91 Å². The van der Waals surface area contributed by atoms with E-state index >= 15 is 0 Å². The van der Waals surface area contributed by atoms with E-state index in [9.17, 15) is 4.79 Å². The normalized spacial score (nSPS) is 18.1. The van der Waals surface area contributed by atoms with Gasteiger partial charge in [0.05, 0.1) is 0 Å². The van der Waals surface area contributed by atoms with Crippen LogP contribution in [-0.2, 0) is 4.79 Å². The molecule has 3 rings (SSSR count). The van der Waals surface area contributed by atoms with Crippen molar-refractivity contribution in [1.82, 2.24) is 5.32 Å². The van der Waals surface area contributed by atoms with Crippen LogP contribution in [0.2, 0.25) is 0 Å². The lowest BCUT2D eigenvalue weighted by molar-refractivity contribution is -0.124. The van der Waals surface area contributed by atoms with Crippen molar-refractivity contribution in [1.29, 1.82) is 0 Å². The number of amides is 1. The van der Waals surface area contributed by atoms with Crippen molar-refractivity contribution in [3.05, 3.63) is 60.7 Å². The summed E-state index contributed by atoms with van der Waals surface area (Å²) in [7, 11) is 0. The van der Waals surface area contributed by atoms with E-state index in [1.165, 1.54) is 0 Å². The van der Waals surface area contributed by atoms with Crippen molar-refractivity contribution in [2.45, 2.75) is 31.9 Å². The zero-order chi connectivity index (χ0) is 16.8. The van der Waals surface area contributed by atoms with Crippen LogP contribution in [-0.4, -0.2) is 31.1 Å². The summed E-state index contributed by atoms with van der Waals surface area (Å²) in [6, 6.07) is 19.7. The van der Waals surface area contributed by atoms with Crippen LogP contribution in [0.25, 0.3) is 0 Å². The highest BCUT2D eigenvalue weighted by molar-refractivity contribution is 5.96. The highest BCUT2D eigenvalue weighted by atomic mass is 16.5. The van der Waals surface area contributed by atoms with E-state index in [-0.39, 0.29) is 5.91 Å². The fourth-order valence-corrected chi connectivity index (χ4v) is 3.04. The van der Waals surface area contributed by atoms with Crippen LogP contribution < -0.4 is 15.0 Å². The molecule has 0 bridgehead atoms. The number of rotatable bonds is 6. The molecule has 24 heavy (non-hydrogen) atoms. The molecule has 1 heterocycles. The number of nitrogens with one attached hydrogen (secondary N) is 1. The molecular formula is C20H24N2O2. The first-order valence-electron chi connectivity index (χ1n) is 8.55. The molecule has 1 saturated heterocycles. The van der Waals surface area contributed by atoms with Crippen LogP contribution in [0, 0.1) is 0 Å². The lowest BCUT2D eigenvalue weighted by Gasteiger charge is -2.28. The molecule has 2 atom stereocenters. The Morgan fingerprint density at radius 1 is 1.17 bits per heavy atom. The van der Waals surface area contributed by atoms with Gasteiger partial charge in [-0.15, -0.1) is 0 Å². The smallest absolute Gasteiger partial charge is 0.267 e. The minimum atomic E-state index is -0.533. The van der Waals surface area contributed by atoms with Crippen molar-refractivity contribution in [3.63, 3.8) is 0 Å². The molecule has 1 aliphatic rings. The Bertz CT molecular complexity index is 639. The molecule has 1 amide bonds. The topological polar surface area (TPSA) is 41.6 Å². The van der Waals surface area contributed by atoms with E-state index in [1.807, 2.05) is 72.5 Å². The second-order valence-corrected chi connectivity index (χ2v) is 6.15. The van der Waals surface area contributed by atoms with Crippen molar-refractivity contribution in [2.75, 3.05) is 18.0 Å². The van der Waals surface area contributed by atoms with Gasteiger partial charge in [0, 0.05) is 18.3 Å². The van der Waals surface area contributed by atoms with Crippen LogP contribution in [0.1, 0.15) is 19.8 Å². The lowest BCUT2D eigenvalue weighted by Crippen LogP contribution is -2.46. The van der Waals surface area contributed by atoms with E-state index in [2.05, 4.69) is 5.32 Å². The van der Waals surface area contributed by atoms with E-state index < -0.39 is 6.10 Å². The Labute approximate surface area is 143 Å². The van der Waals surface area contributed by atoms with Gasteiger partial charge in [-0.3, -0.25) is 4.79 Å². The predicted molar refractivity (Wildman–Crippen MR) is 96.4 cm³/mol. The Balaban J connectivity index is 1.74. The quantitative estimate of drug-likeness (QED) is 0.887. The first-order chi connectivity index (χ1) is 11.7. The number of para-hydroxylation sites is 2. The highest BCUT2D eigenvalue weighted by Crippen LogP contribution is 2.19. The van der Waals surface area contributed by atoms with Crippen molar-refractivity contribution < 1.29 is 9.53 Å². The summed E-state index contributed by atoms with van der Waals surface area (Å²) in [5.74, 6) is 0.698. The van der Waals surface area contributed by atoms with Crippen molar-refractivity contribution in [2.24, 2.45) is 0 Å². The van der Waals surface area contributed by atoms with E-state index in [4.69, 9.17) is 4.74 Å². The molecule has 0 aromatic heterocycles. The molecule has 1 unspecified atom stereocenters. The molecule has 4 heteroatoms. The summed E-state index contributed by atoms with van der Waals surface area (Å²) in [6.45, 7) is 3.51. The van der Waals surface area contributed by atoms with Crippen molar-refractivity contribution >= 4 is 11.6 Å². The van der Waals surface area contributed by atoms with Crippen LogP contribution in [0.3, 0.4) is 0 Å². The fourth-order valence-electron chi connectivity index (χ4n) is 3.04. The monoisotopic (exact) mass is 324 g/mol. The molecule has 0 spiro atoms. The third-order valence-corrected chi connectivity index (χ3v) is 4.30. The van der Waals surface area contributed by atoms with Gasteiger partial charge in [0.2, 0.25) is 0 Å². The lowest BCUT2D eigenvalue weighted by atomic mass is 10.1. The number of hydrogen-bond donors (Lipinski definition) is 1. The summed E-state index contributed by atoms with van der Waals surface area (Å²) in [6.07, 6.45) is 1.73. The minimum Gasteiger partial charge on any atom is -0.481 e. The maximum atomic E-state index is 13.0. The van der Waals surface area contributed by atoms with Crippen LogP contribution in [0.4, 0.5) is 5.69 Å². The third kappa shape index (κ3) is 4.15. The average Bonchev–Trinajstić information content (AvgIpc) is 3.14. The van der Waals surface area contributed by atoms with Gasteiger partial charge in [-0.2, -0.15) is 0 Å². The first kappa shape index (κ1) is 16.5. The third-order valence-electron chi connectivity index (χ3n) is 4.30. The maximum absolute atomic E-state index is 13.0. The molecule has 1 N–H and O–H groups in total. The Kier molecular flexibility index (Phi) is 5.49. The molecular weight excluding hydrogens is 300 g/mol. The van der Waals surface area contributed by atoms with Gasteiger partial charge < -0.3 is 15.0 Å². The van der Waals surface area contributed by atoms with E-state index in [0.717, 1.165) is 25.1 Å². The van der Waals surface area contributed by atoms with Crippen molar-refractivity contribution in [3.8, 4) is 5.75 Å². The van der Waals surface area contributed by atoms with Crippen LogP contribution >= 0.6 is 0 Å². The number of nitrogens with zero attached hydrogens (tertiary/aromatic N) is 1. The summed E-state index contributed by atoms with van der Waals surface area (Å²) >= 11 is 0. The van der Waals surface area contributed by atoms with Gasteiger partial charge in [-0.1, -0.05) is 36.4 Å². The Hall–Kier alpha value is -2.33. The summed E-state index contributed by atoms with van der Waals surface area (Å²) in [5, 5.41) is 3.47. The summed E-state index contributed by atoms with van der Waals surface area (Å²) in [4.78, 5) is 14.9. The first-order valence-corrected chi connectivity index (χ1v) is 8.55. The number of ether oxygens (including phenoxy) is 1. The SMILES string of the molecule is CC(Oc1ccccc1)C(=O)N(C[C@H]1CCCN1)c1ccccc1. The van der Waals surface area contributed by atoms with Gasteiger partial charge in [0.1, 0.15) is 5.75 Å². The molecule has 2 aromatic carbocycles. The predicted octanol–water partition coefficient (Wildman–Crippen LogP) is 3.24. The molecule has 0 radical (unpaired) electrons. The van der Waals surface area contributed by atoms with Gasteiger partial charge >= 0.3 is 0 Å². The van der Waals surface area contributed by atoms with Crippen LogP contribution in [0.15, 0.2) is 60.7 Å². The summed E-state index contributed by atoms with van der Waals surface area (Å²) in [5.41, 5.74) is 0.916. The Morgan fingerprint density at radius 3 is 2.46 bits per heavy atom. The number of anilines is 1. The standard InChI is InChI=1S/C20H24N2O2/c1-16(24-19-12-6-3-7-13-19)20(23)22(15-17-9-8-14-21-17)18-10-4-2-5-11-18/h2-7,10-13,16-17,21H,8-9,14-15H2,1H3/t16?,17-/m1/s1. The molecule has 0 aliphatic carbocycles. The highest BCUT2D eigenvalue weighted by Gasteiger charge is 2.27. The largest absolute Gasteiger partial charge is 0.481 e. The van der Waals surface area contributed by atoms with E-state index in [0.29, 0.717) is 18.3 Å². The molecule has 1 aliphatic heterocycles. The molecule has 2 aromatic rings. The number of hydrogen-bond acceptors (Lipinski definition) is 3. The second kappa shape index (κ2) is 7.97. The molecule has 4 nitrogen and oxygen atoms in total. The second-order valence-electron chi connectivity index (χ2n) is 6.15. The zero-order valence-electron chi connectivity index (χ0n) is 14.0. The zero-order valence-corrected chi connectivity index (χ0v) is 14.0. The minimum absolute atomic E-state index is 0.0150. The Morgan fingerprint density at radius 2 is 1.83 bits per heavy atom. The molecule has 0 saturated carbocycles. The number of carbonyl (C=O) groups is 1. The number of benzene rings is 2. The number of carbonyl (C=O) groups excluding carboxylic acids is 1. The van der Waals surface area contributed by atoms with E-state index in [1.54, 1.807) is 0 Å². The fraction of sp³-hybridized carbons (Fsp3) is 0.350. The van der Waals surface area contributed by atoms with Gasteiger partial charge in [-0.25, -0.2) is 0 Å². The average molecular weight is 324 g/mol. The van der Waals surface area contributed by atoms with Crippen LogP contribution in [0.5, 0.6) is 5.75 Å². The summed E-state index contributed by atoms with van der Waals surface area (Å²) < 4.78 is 5.83. The maximum Gasteiger partial charge on any atom is 0.267 e. The molecule has 126 valence electrons. The van der Waals surface area contributed by atoms with Gasteiger partial charge in [-0.05, 0) is 50.6 Å². The molecule has 1 fully saturated rings. The van der Waals surface area contributed by atoms with Gasteiger partial charge in [0.15, 0.2) is 6.10 Å².